The molecule has 0 radical (unpaired) electrons. The first-order chi connectivity index (χ1) is 9.61. The minimum atomic E-state index is -0.0503. The van der Waals surface area contributed by atoms with Gasteiger partial charge in [0.15, 0.2) is 0 Å². The summed E-state index contributed by atoms with van der Waals surface area (Å²) in [5, 5.41) is 0. The number of benzene rings is 1. The summed E-state index contributed by atoms with van der Waals surface area (Å²) in [5.74, 6) is 1.46. The van der Waals surface area contributed by atoms with Crippen LogP contribution in [0.5, 0.6) is 5.75 Å². The summed E-state index contributed by atoms with van der Waals surface area (Å²) < 4.78 is 7.31. The van der Waals surface area contributed by atoms with Crippen LogP contribution in [0.3, 0.4) is 0 Å². The van der Waals surface area contributed by atoms with Gasteiger partial charge in [-0.15, -0.1) is 0 Å². The van der Waals surface area contributed by atoms with Crippen LogP contribution in [0.15, 0.2) is 35.1 Å². The third kappa shape index (κ3) is 3.24. The molecule has 1 aromatic carbocycles. The molecule has 2 aromatic rings. The molecule has 20 heavy (non-hydrogen) atoms. The number of rotatable bonds is 5. The van der Waals surface area contributed by atoms with E-state index in [1.54, 1.807) is 4.57 Å². The summed E-state index contributed by atoms with van der Waals surface area (Å²) in [6.45, 7) is 4.94. The molecule has 0 atom stereocenters. The van der Waals surface area contributed by atoms with Crippen LogP contribution in [0.2, 0.25) is 0 Å². The van der Waals surface area contributed by atoms with Crippen molar-refractivity contribution >= 4 is 0 Å². The molecule has 2 N–H and O–H groups in total. The standard InChI is InChI=1S/C15H19N3O2/c1-11-9-15(19)18(12(2)17-11)7-8-20-14-6-4-3-5-13(14)10-16/h3-6,9H,7-8,10,16H2,1-2H3. The Bertz CT molecular complexity index is 650. The van der Waals surface area contributed by atoms with Gasteiger partial charge in [-0.2, -0.15) is 0 Å². The molecule has 0 aliphatic heterocycles. The first-order valence-electron chi connectivity index (χ1n) is 6.57. The molecule has 0 aliphatic rings. The minimum absolute atomic E-state index is 0.0503. The molecule has 1 aromatic heterocycles. The lowest BCUT2D eigenvalue weighted by molar-refractivity contribution is 0.291. The summed E-state index contributed by atoms with van der Waals surface area (Å²) in [4.78, 5) is 16.2. The lowest BCUT2D eigenvalue weighted by Gasteiger charge is -2.12. The average molecular weight is 273 g/mol. The van der Waals surface area contributed by atoms with Crippen molar-refractivity contribution in [1.82, 2.24) is 9.55 Å². The Morgan fingerprint density at radius 1 is 1.30 bits per heavy atom. The monoisotopic (exact) mass is 273 g/mol. The summed E-state index contributed by atoms with van der Waals surface area (Å²) in [6, 6.07) is 9.17. The maximum Gasteiger partial charge on any atom is 0.253 e. The van der Waals surface area contributed by atoms with Crippen molar-refractivity contribution in [2.75, 3.05) is 6.61 Å². The van der Waals surface area contributed by atoms with Crippen molar-refractivity contribution < 1.29 is 4.74 Å². The van der Waals surface area contributed by atoms with E-state index in [-0.39, 0.29) is 5.56 Å². The predicted molar refractivity (Wildman–Crippen MR) is 77.8 cm³/mol. The molecule has 0 saturated carbocycles. The quantitative estimate of drug-likeness (QED) is 0.894. The van der Waals surface area contributed by atoms with Crippen molar-refractivity contribution in [3.63, 3.8) is 0 Å². The maximum absolute atomic E-state index is 11.9. The molecule has 0 spiro atoms. The molecule has 0 amide bonds. The van der Waals surface area contributed by atoms with E-state index in [1.165, 1.54) is 6.07 Å². The van der Waals surface area contributed by atoms with E-state index < -0.39 is 0 Å². The summed E-state index contributed by atoms with van der Waals surface area (Å²) >= 11 is 0. The molecule has 1 heterocycles. The summed E-state index contributed by atoms with van der Waals surface area (Å²) in [6.07, 6.45) is 0. The molecule has 0 bridgehead atoms. The number of aromatic nitrogens is 2. The predicted octanol–water partition coefficient (Wildman–Crippen LogP) is 1.40. The zero-order valence-electron chi connectivity index (χ0n) is 11.8. The highest BCUT2D eigenvalue weighted by molar-refractivity contribution is 5.32. The van der Waals surface area contributed by atoms with Gasteiger partial charge in [0.05, 0.1) is 6.54 Å². The van der Waals surface area contributed by atoms with E-state index in [2.05, 4.69) is 4.98 Å². The Morgan fingerprint density at radius 3 is 2.75 bits per heavy atom. The molecule has 0 unspecified atom stereocenters. The number of para-hydroxylation sites is 1. The van der Waals surface area contributed by atoms with Crippen LogP contribution >= 0.6 is 0 Å². The lowest BCUT2D eigenvalue weighted by Crippen LogP contribution is -2.26. The van der Waals surface area contributed by atoms with Gasteiger partial charge in [0, 0.05) is 23.9 Å². The Kier molecular flexibility index (Phi) is 4.53. The van der Waals surface area contributed by atoms with Crippen LogP contribution in [0.4, 0.5) is 0 Å². The molecule has 2 rings (SSSR count). The summed E-state index contributed by atoms with van der Waals surface area (Å²) in [7, 11) is 0. The Labute approximate surface area is 118 Å². The second-order valence-corrected chi connectivity index (χ2v) is 4.59. The Balaban J connectivity index is 2.05. The zero-order valence-corrected chi connectivity index (χ0v) is 11.8. The minimum Gasteiger partial charge on any atom is -0.491 e. The molecular weight excluding hydrogens is 254 g/mol. The van der Waals surface area contributed by atoms with Gasteiger partial charge in [0.25, 0.3) is 5.56 Å². The van der Waals surface area contributed by atoms with E-state index in [0.717, 1.165) is 17.0 Å². The van der Waals surface area contributed by atoms with Crippen molar-refractivity contribution in [2.24, 2.45) is 5.73 Å². The number of ether oxygens (including phenoxy) is 1. The Morgan fingerprint density at radius 2 is 2.05 bits per heavy atom. The number of hydrogen-bond acceptors (Lipinski definition) is 4. The van der Waals surface area contributed by atoms with Crippen molar-refractivity contribution in [3.8, 4) is 5.75 Å². The molecule has 0 fully saturated rings. The van der Waals surface area contributed by atoms with Crippen LogP contribution in [0.25, 0.3) is 0 Å². The Hall–Kier alpha value is -2.14. The number of nitrogens with two attached hydrogens (primary N) is 1. The third-order valence-electron chi connectivity index (χ3n) is 3.09. The zero-order chi connectivity index (χ0) is 14.5. The van der Waals surface area contributed by atoms with E-state index in [9.17, 15) is 4.79 Å². The third-order valence-corrected chi connectivity index (χ3v) is 3.09. The highest BCUT2D eigenvalue weighted by Gasteiger charge is 2.04. The van der Waals surface area contributed by atoms with E-state index in [4.69, 9.17) is 10.5 Å². The van der Waals surface area contributed by atoms with Crippen molar-refractivity contribution in [2.45, 2.75) is 26.9 Å². The van der Waals surface area contributed by atoms with Gasteiger partial charge < -0.3 is 10.5 Å². The molecule has 0 saturated heterocycles. The number of hydrogen-bond donors (Lipinski definition) is 1. The van der Waals surface area contributed by atoms with E-state index >= 15 is 0 Å². The van der Waals surface area contributed by atoms with Gasteiger partial charge in [0.2, 0.25) is 0 Å². The first-order valence-corrected chi connectivity index (χ1v) is 6.57. The van der Waals surface area contributed by atoms with Gasteiger partial charge >= 0.3 is 0 Å². The summed E-state index contributed by atoms with van der Waals surface area (Å²) in [5.41, 5.74) is 7.29. The average Bonchev–Trinajstić information content (AvgIpc) is 2.42. The maximum atomic E-state index is 11.9. The van der Waals surface area contributed by atoms with E-state index in [0.29, 0.717) is 25.5 Å². The van der Waals surface area contributed by atoms with Gasteiger partial charge in [-0.3, -0.25) is 9.36 Å². The smallest absolute Gasteiger partial charge is 0.253 e. The first kappa shape index (κ1) is 14.3. The van der Waals surface area contributed by atoms with Gasteiger partial charge in [-0.05, 0) is 19.9 Å². The molecule has 0 aliphatic carbocycles. The highest BCUT2D eigenvalue weighted by Crippen LogP contribution is 2.16. The van der Waals surface area contributed by atoms with Crippen LogP contribution in [0.1, 0.15) is 17.1 Å². The SMILES string of the molecule is Cc1cc(=O)n(CCOc2ccccc2CN)c(C)n1. The van der Waals surface area contributed by atoms with Crippen LogP contribution in [-0.4, -0.2) is 16.2 Å². The molecular formula is C15H19N3O2. The van der Waals surface area contributed by atoms with Crippen LogP contribution in [-0.2, 0) is 13.1 Å². The molecule has 5 nitrogen and oxygen atoms in total. The van der Waals surface area contributed by atoms with Crippen LogP contribution < -0.4 is 16.0 Å². The highest BCUT2D eigenvalue weighted by atomic mass is 16.5. The largest absolute Gasteiger partial charge is 0.491 e. The number of nitrogens with zero attached hydrogens (tertiary/aromatic N) is 2. The van der Waals surface area contributed by atoms with Gasteiger partial charge in [-0.1, -0.05) is 18.2 Å². The second-order valence-electron chi connectivity index (χ2n) is 4.59. The fourth-order valence-corrected chi connectivity index (χ4v) is 2.10. The normalized spacial score (nSPS) is 10.6. The topological polar surface area (TPSA) is 70.1 Å². The van der Waals surface area contributed by atoms with Gasteiger partial charge in [0.1, 0.15) is 18.2 Å². The second kappa shape index (κ2) is 6.34. The molecule has 106 valence electrons. The molecule has 5 heteroatoms. The van der Waals surface area contributed by atoms with Crippen molar-refractivity contribution in [1.29, 1.82) is 0 Å². The fraction of sp³-hybridized carbons (Fsp3) is 0.333. The van der Waals surface area contributed by atoms with Crippen LogP contribution in [0, 0.1) is 13.8 Å². The van der Waals surface area contributed by atoms with Gasteiger partial charge in [-0.25, -0.2) is 4.98 Å². The fourth-order valence-electron chi connectivity index (χ4n) is 2.10. The van der Waals surface area contributed by atoms with E-state index in [1.807, 2.05) is 38.1 Å². The number of aryl methyl sites for hydroxylation is 2. The van der Waals surface area contributed by atoms with Crippen molar-refractivity contribution in [3.05, 3.63) is 57.8 Å². The lowest BCUT2D eigenvalue weighted by atomic mass is 10.2.